The number of pyridine rings is 1. The Morgan fingerprint density at radius 2 is 2.06 bits per heavy atom. The molecule has 0 spiro atoms. The molecule has 88 valence electrons. The number of benzene rings is 1. The zero-order chi connectivity index (χ0) is 12.4. The van der Waals surface area contributed by atoms with Crippen molar-refractivity contribution < 1.29 is 4.39 Å². The summed E-state index contributed by atoms with van der Waals surface area (Å²) in [4.78, 5) is 11.6. The van der Waals surface area contributed by atoms with Gasteiger partial charge in [-0.05, 0) is 45.8 Å². The van der Waals surface area contributed by atoms with Crippen LogP contribution in [0.4, 0.5) is 10.1 Å². The number of hydrogen-bond donors (Lipinski definition) is 1. The highest BCUT2D eigenvalue weighted by molar-refractivity contribution is 9.10. The highest BCUT2D eigenvalue weighted by Gasteiger charge is 2.04. The van der Waals surface area contributed by atoms with Crippen molar-refractivity contribution in [1.82, 2.24) is 4.57 Å². The van der Waals surface area contributed by atoms with Crippen molar-refractivity contribution >= 4 is 21.6 Å². The van der Waals surface area contributed by atoms with Gasteiger partial charge in [-0.1, -0.05) is 0 Å². The van der Waals surface area contributed by atoms with Gasteiger partial charge in [-0.15, -0.1) is 0 Å². The standard InChI is InChI=1S/C12H10BrFN2O/c13-9-1-4-12(17)16(7-9)6-8-5-10(14)2-3-11(8)15/h1-5,7H,6,15H2. The van der Waals surface area contributed by atoms with E-state index in [2.05, 4.69) is 15.9 Å². The van der Waals surface area contributed by atoms with E-state index in [9.17, 15) is 9.18 Å². The molecule has 0 fully saturated rings. The molecule has 2 N–H and O–H groups in total. The lowest BCUT2D eigenvalue weighted by molar-refractivity contribution is 0.623. The monoisotopic (exact) mass is 296 g/mol. The first-order chi connectivity index (χ1) is 8.06. The normalized spacial score (nSPS) is 10.5. The Kier molecular flexibility index (Phi) is 3.28. The molecule has 0 saturated heterocycles. The Labute approximate surface area is 106 Å². The molecule has 1 aromatic carbocycles. The molecule has 0 aliphatic rings. The van der Waals surface area contributed by atoms with Crippen LogP contribution < -0.4 is 11.3 Å². The van der Waals surface area contributed by atoms with Crippen LogP contribution in [0.2, 0.25) is 0 Å². The number of hydrogen-bond acceptors (Lipinski definition) is 2. The van der Waals surface area contributed by atoms with Crippen LogP contribution in [0.1, 0.15) is 5.56 Å². The highest BCUT2D eigenvalue weighted by atomic mass is 79.9. The van der Waals surface area contributed by atoms with E-state index in [0.717, 1.165) is 4.47 Å². The fourth-order valence-electron chi connectivity index (χ4n) is 1.52. The van der Waals surface area contributed by atoms with Gasteiger partial charge in [0.25, 0.3) is 5.56 Å². The largest absolute Gasteiger partial charge is 0.398 e. The summed E-state index contributed by atoms with van der Waals surface area (Å²) < 4.78 is 15.3. The average molecular weight is 297 g/mol. The van der Waals surface area contributed by atoms with Gasteiger partial charge in [0.1, 0.15) is 5.82 Å². The molecule has 3 nitrogen and oxygen atoms in total. The Bertz CT molecular complexity index is 610. The van der Waals surface area contributed by atoms with Crippen molar-refractivity contribution in [2.45, 2.75) is 6.54 Å². The lowest BCUT2D eigenvalue weighted by Gasteiger charge is -2.08. The van der Waals surface area contributed by atoms with Crippen molar-refractivity contribution in [3.05, 3.63) is 62.7 Å². The molecule has 17 heavy (non-hydrogen) atoms. The molecule has 0 saturated carbocycles. The summed E-state index contributed by atoms with van der Waals surface area (Å²) >= 11 is 3.28. The molecule has 5 heteroatoms. The summed E-state index contributed by atoms with van der Waals surface area (Å²) in [5, 5.41) is 0. The molecule has 0 radical (unpaired) electrons. The summed E-state index contributed by atoms with van der Waals surface area (Å²) in [6, 6.07) is 7.23. The lowest BCUT2D eigenvalue weighted by Crippen LogP contribution is -2.19. The summed E-state index contributed by atoms with van der Waals surface area (Å²) in [6.45, 7) is 0.252. The second-order valence-corrected chi connectivity index (χ2v) is 4.57. The molecule has 2 aromatic rings. The van der Waals surface area contributed by atoms with Crippen molar-refractivity contribution in [3.8, 4) is 0 Å². The van der Waals surface area contributed by atoms with Crippen LogP contribution in [0.25, 0.3) is 0 Å². The van der Waals surface area contributed by atoms with Crippen LogP contribution in [0, 0.1) is 5.82 Å². The van der Waals surface area contributed by atoms with Crippen LogP contribution in [-0.2, 0) is 6.54 Å². The van der Waals surface area contributed by atoms with Gasteiger partial charge in [-0.25, -0.2) is 4.39 Å². The summed E-state index contributed by atoms with van der Waals surface area (Å²) in [5.41, 5.74) is 6.63. The second kappa shape index (κ2) is 4.71. The van der Waals surface area contributed by atoms with Gasteiger partial charge in [-0.2, -0.15) is 0 Å². The average Bonchev–Trinajstić information content (AvgIpc) is 2.28. The second-order valence-electron chi connectivity index (χ2n) is 3.66. The van der Waals surface area contributed by atoms with E-state index in [1.165, 1.54) is 28.8 Å². The molecule has 0 aliphatic carbocycles. The summed E-state index contributed by atoms with van der Waals surface area (Å²) in [5.74, 6) is -0.364. The number of anilines is 1. The Hall–Kier alpha value is -1.62. The van der Waals surface area contributed by atoms with E-state index in [-0.39, 0.29) is 17.9 Å². The van der Waals surface area contributed by atoms with E-state index in [1.54, 1.807) is 12.3 Å². The van der Waals surface area contributed by atoms with Gasteiger partial charge in [0.15, 0.2) is 0 Å². The third-order valence-corrected chi connectivity index (χ3v) is 2.86. The number of nitrogens with zero attached hydrogens (tertiary/aromatic N) is 1. The molecule has 0 atom stereocenters. The third kappa shape index (κ3) is 2.74. The minimum Gasteiger partial charge on any atom is -0.398 e. The first kappa shape index (κ1) is 11.9. The zero-order valence-corrected chi connectivity index (χ0v) is 10.4. The molecular formula is C12H10BrFN2O. The molecule has 1 heterocycles. The fraction of sp³-hybridized carbons (Fsp3) is 0.0833. The van der Waals surface area contributed by atoms with Crippen LogP contribution in [0.5, 0.6) is 0 Å². The molecule has 2 rings (SSSR count). The Morgan fingerprint density at radius 1 is 1.29 bits per heavy atom. The van der Waals surface area contributed by atoms with Crippen LogP contribution in [-0.4, -0.2) is 4.57 Å². The van der Waals surface area contributed by atoms with Crippen molar-refractivity contribution in [2.75, 3.05) is 5.73 Å². The van der Waals surface area contributed by atoms with Crippen LogP contribution in [0.15, 0.2) is 45.8 Å². The number of rotatable bonds is 2. The first-order valence-electron chi connectivity index (χ1n) is 4.96. The maximum atomic E-state index is 13.1. The van der Waals surface area contributed by atoms with E-state index in [4.69, 9.17) is 5.73 Å². The SMILES string of the molecule is Nc1ccc(F)cc1Cn1cc(Br)ccc1=O. The van der Waals surface area contributed by atoms with Gasteiger partial charge in [0.2, 0.25) is 0 Å². The highest BCUT2D eigenvalue weighted by Crippen LogP contribution is 2.15. The Balaban J connectivity index is 2.41. The predicted molar refractivity (Wildman–Crippen MR) is 68.3 cm³/mol. The van der Waals surface area contributed by atoms with Gasteiger partial charge >= 0.3 is 0 Å². The molecule has 0 aliphatic heterocycles. The smallest absolute Gasteiger partial charge is 0.250 e. The van der Waals surface area contributed by atoms with Crippen molar-refractivity contribution in [1.29, 1.82) is 0 Å². The minimum atomic E-state index is -0.364. The van der Waals surface area contributed by atoms with Crippen molar-refractivity contribution in [3.63, 3.8) is 0 Å². The lowest BCUT2D eigenvalue weighted by atomic mass is 10.1. The van der Waals surface area contributed by atoms with Crippen LogP contribution >= 0.6 is 15.9 Å². The first-order valence-corrected chi connectivity index (χ1v) is 5.75. The van der Waals surface area contributed by atoms with Gasteiger partial charge in [0.05, 0.1) is 6.54 Å². The number of nitrogens with two attached hydrogens (primary N) is 1. The quantitative estimate of drug-likeness (QED) is 0.865. The predicted octanol–water partition coefficient (Wildman–Crippen LogP) is 2.38. The topological polar surface area (TPSA) is 48.0 Å². The van der Waals surface area contributed by atoms with E-state index in [1.807, 2.05) is 0 Å². The molecule has 0 bridgehead atoms. The molecular weight excluding hydrogens is 287 g/mol. The summed E-state index contributed by atoms with van der Waals surface area (Å²) in [6.07, 6.45) is 1.65. The summed E-state index contributed by atoms with van der Waals surface area (Å²) in [7, 11) is 0. The van der Waals surface area contributed by atoms with Gasteiger partial charge < -0.3 is 10.3 Å². The number of nitrogen functional groups attached to an aromatic ring is 1. The van der Waals surface area contributed by atoms with E-state index in [0.29, 0.717) is 11.3 Å². The van der Waals surface area contributed by atoms with Crippen LogP contribution in [0.3, 0.4) is 0 Å². The van der Waals surface area contributed by atoms with Gasteiger partial charge in [-0.3, -0.25) is 4.79 Å². The van der Waals surface area contributed by atoms with E-state index >= 15 is 0 Å². The number of aromatic nitrogens is 1. The maximum Gasteiger partial charge on any atom is 0.250 e. The van der Waals surface area contributed by atoms with E-state index < -0.39 is 0 Å². The molecule has 0 unspecified atom stereocenters. The fourth-order valence-corrected chi connectivity index (χ4v) is 1.90. The van der Waals surface area contributed by atoms with Crippen molar-refractivity contribution in [2.24, 2.45) is 0 Å². The maximum absolute atomic E-state index is 13.1. The number of halogens is 2. The molecule has 1 aromatic heterocycles. The third-order valence-electron chi connectivity index (χ3n) is 2.39. The zero-order valence-electron chi connectivity index (χ0n) is 8.86. The molecule has 0 amide bonds. The van der Waals surface area contributed by atoms with Gasteiger partial charge in [0, 0.05) is 22.4 Å². The minimum absolute atomic E-state index is 0.156. The Morgan fingerprint density at radius 3 is 2.82 bits per heavy atom.